The fourth-order valence-corrected chi connectivity index (χ4v) is 4.56. The summed E-state index contributed by atoms with van der Waals surface area (Å²) < 4.78 is 6.35. The Morgan fingerprint density at radius 1 is 0.931 bits per heavy atom. The molecule has 0 radical (unpaired) electrons. The van der Waals surface area contributed by atoms with Gasteiger partial charge in [0.2, 0.25) is 6.23 Å². The Hall–Kier alpha value is -2.20. The van der Waals surface area contributed by atoms with E-state index in [1.54, 1.807) is 6.07 Å². The van der Waals surface area contributed by atoms with Gasteiger partial charge >= 0.3 is 0 Å². The molecular formula is C23H17Cl3N2O. The molecular weight excluding hydrogens is 427 g/mol. The maximum absolute atomic E-state index is 6.50. The van der Waals surface area contributed by atoms with Crippen molar-refractivity contribution in [2.75, 3.05) is 0 Å². The molecule has 146 valence electrons. The quantitative estimate of drug-likeness (QED) is 0.418. The summed E-state index contributed by atoms with van der Waals surface area (Å²) in [6.45, 7) is 2.08. The van der Waals surface area contributed by atoms with Crippen molar-refractivity contribution >= 4 is 40.5 Å². The molecule has 2 aliphatic rings. The normalized spacial score (nSPS) is 20.0. The van der Waals surface area contributed by atoms with Gasteiger partial charge in [-0.3, -0.25) is 0 Å². The Kier molecular flexibility index (Phi) is 4.70. The van der Waals surface area contributed by atoms with Gasteiger partial charge in [0.15, 0.2) is 0 Å². The van der Waals surface area contributed by atoms with Crippen molar-refractivity contribution in [3.63, 3.8) is 0 Å². The number of benzene rings is 3. The van der Waals surface area contributed by atoms with Gasteiger partial charge in [0, 0.05) is 27.6 Å². The average molecular weight is 444 g/mol. The van der Waals surface area contributed by atoms with Crippen molar-refractivity contribution in [3.8, 4) is 5.75 Å². The first-order valence-corrected chi connectivity index (χ1v) is 10.5. The highest BCUT2D eigenvalue weighted by Crippen LogP contribution is 2.50. The summed E-state index contributed by atoms with van der Waals surface area (Å²) in [5.74, 6) is 0.664. The Bertz CT molecular complexity index is 1110. The SMILES string of the molecule is Cc1ccc(C2=NN3[C@@H](C2)c2cc(Cl)cc(Cl)c2O[C@H]3c2ccc(Cl)cc2)cc1. The second-order valence-electron chi connectivity index (χ2n) is 7.34. The van der Waals surface area contributed by atoms with Crippen molar-refractivity contribution in [1.82, 2.24) is 5.01 Å². The van der Waals surface area contributed by atoms with Gasteiger partial charge in [0.1, 0.15) is 5.75 Å². The molecule has 5 rings (SSSR count). The molecule has 0 fully saturated rings. The number of nitrogens with zero attached hydrogens (tertiary/aromatic N) is 2. The zero-order valence-electron chi connectivity index (χ0n) is 15.6. The number of halogens is 3. The lowest BCUT2D eigenvalue weighted by molar-refractivity contribution is -0.0189. The molecule has 3 aromatic rings. The van der Waals surface area contributed by atoms with Gasteiger partial charge < -0.3 is 4.74 Å². The highest BCUT2D eigenvalue weighted by Gasteiger charge is 2.42. The molecule has 0 aliphatic carbocycles. The van der Waals surface area contributed by atoms with Crippen molar-refractivity contribution in [2.24, 2.45) is 5.10 Å². The minimum absolute atomic E-state index is 0.00747. The third-order valence-electron chi connectivity index (χ3n) is 5.35. The Balaban J connectivity index is 1.62. The fraction of sp³-hybridized carbons (Fsp3) is 0.174. The molecule has 6 heteroatoms. The van der Waals surface area contributed by atoms with E-state index in [9.17, 15) is 0 Å². The van der Waals surface area contributed by atoms with E-state index in [-0.39, 0.29) is 6.04 Å². The van der Waals surface area contributed by atoms with Crippen molar-refractivity contribution in [3.05, 3.63) is 98.0 Å². The van der Waals surface area contributed by atoms with Gasteiger partial charge in [-0.15, -0.1) is 0 Å². The Labute approximate surface area is 184 Å². The summed E-state index contributed by atoms with van der Waals surface area (Å²) in [7, 11) is 0. The highest BCUT2D eigenvalue weighted by molar-refractivity contribution is 6.35. The summed E-state index contributed by atoms with van der Waals surface area (Å²) in [4.78, 5) is 0. The van der Waals surface area contributed by atoms with Crippen LogP contribution in [0, 0.1) is 6.92 Å². The molecule has 0 saturated carbocycles. The summed E-state index contributed by atoms with van der Waals surface area (Å²) in [6.07, 6.45) is 0.353. The average Bonchev–Trinajstić information content (AvgIpc) is 3.14. The lowest BCUT2D eigenvalue weighted by Crippen LogP contribution is -2.33. The lowest BCUT2D eigenvalue weighted by Gasteiger charge is -2.38. The Morgan fingerprint density at radius 3 is 2.38 bits per heavy atom. The number of rotatable bonds is 2. The minimum Gasteiger partial charge on any atom is -0.463 e. The zero-order valence-corrected chi connectivity index (χ0v) is 17.8. The molecule has 0 amide bonds. The molecule has 3 nitrogen and oxygen atoms in total. The Morgan fingerprint density at radius 2 is 1.66 bits per heavy atom. The lowest BCUT2D eigenvalue weighted by atomic mass is 9.95. The maximum Gasteiger partial charge on any atom is 0.213 e. The smallest absolute Gasteiger partial charge is 0.213 e. The number of aryl methyl sites for hydroxylation is 1. The molecule has 2 atom stereocenters. The van der Waals surface area contributed by atoms with Crippen LogP contribution in [0.5, 0.6) is 5.75 Å². The summed E-state index contributed by atoms with van der Waals surface area (Å²) in [5, 5.41) is 8.74. The second kappa shape index (κ2) is 7.24. The van der Waals surface area contributed by atoms with E-state index in [0.717, 1.165) is 28.8 Å². The number of ether oxygens (including phenoxy) is 1. The first kappa shape index (κ1) is 18.8. The van der Waals surface area contributed by atoms with Gasteiger partial charge in [-0.25, -0.2) is 5.01 Å². The summed E-state index contributed by atoms with van der Waals surface area (Å²) >= 11 is 18.9. The van der Waals surface area contributed by atoms with Crippen LogP contribution in [0.15, 0.2) is 65.8 Å². The van der Waals surface area contributed by atoms with Gasteiger partial charge in [-0.2, -0.15) is 5.10 Å². The van der Waals surface area contributed by atoms with Crippen molar-refractivity contribution in [2.45, 2.75) is 25.6 Å². The molecule has 0 spiro atoms. The van der Waals surface area contributed by atoms with Gasteiger partial charge in [0.25, 0.3) is 0 Å². The number of hydrazone groups is 1. The molecule has 0 aromatic heterocycles. The summed E-state index contributed by atoms with van der Waals surface area (Å²) in [5.41, 5.74) is 5.26. The minimum atomic E-state index is -0.397. The van der Waals surface area contributed by atoms with Crippen molar-refractivity contribution in [1.29, 1.82) is 0 Å². The van der Waals surface area contributed by atoms with Gasteiger partial charge in [-0.05, 0) is 36.8 Å². The van der Waals surface area contributed by atoms with Crippen LogP contribution in [0.2, 0.25) is 15.1 Å². The predicted molar refractivity (Wildman–Crippen MR) is 118 cm³/mol. The fourth-order valence-electron chi connectivity index (χ4n) is 3.88. The van der Waals surface area contributed by atoms with Crippen LogP contribution in [0.25, 0.3) is 0 Å². The largest absolute Gasteiger partial charge is 0.463 e. The van der Waals surface area contributed by atoms with Gasteiger partial charge in [0.05, 0.1) is 16.8 Å². The van der Waals surface area contributed by atoms with Gasteiger partial charge in [-0.1, -0.05) is 76.8 Å². The monoisotopic (exact) mass is 442 g/mol. The molecule has 29 heavy (non-hydrogen) atoms. The van der Waals surface area contributed by atoms with E-state index in [2.05, 4.69) is 31.2 Å². The first-order valence-electron chi connectivity index (χ1n) is 9.33. The van der Waals surface area contributed by atoms with E-state index in [1.165, 1.54) is 5.56 Å². The third kappa shape index (κ3) is 3.38. The van der Waals surface area contributed by atoms with Crippen LogP contribution >= 0.6 is 34.8 Å². The maximum atomic E-state index is 6.50. The van der Waals surface area contributed by atoms with E-state index < -0.39 is 6.23 Å². The molecule has 0 unspecified atom stereocenters. The van der Waals surface area contributed by atoms with Crippen LogP contribution in [-0.4, -0.2) is 10.7 Å². The van der Waals surface area contributed by atoms with Crippen LogP contribution in [0.4, 0.5) is 0 Å². The van der Waals surface area contributed by atoms with E-state index in [1.807, 2.05) is 35.3 Å². The molecule has 0 N–H and O–H groups in total. The zero-order chi connectivity index (χ0) is 20.1. The van der Waals surface area contributed by atoms with Crippen molar-refractivity contribution < 1.29 is 4.74 Å². The predicted octanol–water partition coefficient (Wildman–Crippen LogP) is 7.20. The van der Waals surface area contributed by atoms with Crippen LogP contribution < -0.4 is 4.74 Å². The van der Waals surface area contributed by atoms with Crippen LogP contribution in [-0.2, 0) is 0 Å². The molecule has 0 saturated heterocycles. The molecule has 3 aromatic carbocycles. The van der Waals surface area contributed by atoms with E-state index in [0.29, 0.717) is 20.8 Å². The highest BCUT2D eigenvalue weighted by atomic mass is 35.5. The topological polar surface area (TPSA) is 24.8 Å². The second-order valence-corrected chi connectivity index (χ2v) is 8.62. The van der Waals surface area contributed by atoms with E-state index in [4.69, 9.17) is 44.6 Å². The number of hydrogen-bond donors (Lipinski definition) is 0. The van der Waals surface area contributed by atoms with E-state index >= 15 is 0 Å². The molecule has 2 aliphatic heterocycles. The standard InChI is InChI=1S/C23H17Cl3N2O/c1-13-2-4-14(5-3-13)20-12-21-18-10-17(25)11-19(26)22(18)29-23(28(21)27-20)15-6-8-16(24)9-7-15/h2-11,21,23H,12H2,1H3/t21-,23-/m0/s1. The summed E-state index contributed by atoms with van der Waals surface area (Å²) in [6, 6.07) is 19.7. The molecule has 0 bridgehead atoms. The van der Waals surface area contributed by atoms with Crippen LogP contribution in [0.3, 0.4) is 0 Å². The number of fused-ring (bicyclic) bond motifs is 3. The van der Waals surface area contributed by atoms with Crippen LogP contribution in [0.1, 0.15) is 40.9 Å². The molecule has 2 heterocycles. The third-order valence-corrected chi connectivity index (χ3v) is 6.10. The first-order chi connectivity index (χ1) is 14.0. The number of hydrogen-bond acceptors (Lipinski definition) is 3.